The van der Waals surface area contributed by atoms with Gasteiger partial charge in [0, 0.05) is 6.20 Å². The number of carbonyl (C=O) groups is 1. The predicted octanol–water partition coefficient (Wildman–Crippen LogP) is 4.61. The Hall–Kier alpha value is -3.27. The molecule has 24 heavy (non-hydrogen) atoms. The molecule has 3 rings (SSSR count). The first-order valence-corrected chi connectivity index (χ1v) is 7.38. The fraction of sp³-hybridized carbons (Fsp3) is 0. The van der Waals surface area contributed by atoms with Crippen LogP contribution in [0.1, 0.15) is 21.6 Å². The van der Waals surface area contributed by atoms with Gasteiger partial charge >= 0.3 is 5.97 Å². The van der Waals surface area contributed by atoms with Crippen molar-refractivity contribution in [2.45, 2.75) is 0 Å². The van der Waals surface area contributed by atoms with Crippen molar-refractivity contribution < 1.29 is 13.9 Å². The third kappa shape index (κ3) is 4.14. The number of pyridine rings is 1. The van der Waals surface area contributed by atoms with Crippen LogP contribution >= 0.6 is 0 Å². The van der Waals surface area contributed by atoms with E-state index in [0.717, 1.165) is 17.3 Å². The molecule has 0 fully saturated rings. The first-order chi connectivity index (χ1) is 11.7. The molecule has 0 aliphatic rings. The average Bonchev–Trinajstić information content (AvgIpc) is 2.62. The van der Waals surface area contributed by atoms with Crippen molar-refractivity contribution in [3.63, 3.8) is 0 Å². The molecule has 0 bridgehead atoms. The molecule has 0 atom stereocenters. The number of esters is 1. The van der Waals surface area contributed by atoms with Gasteiger partial charge in [0.25, 0.3) is 0 Å². The van der Waals surface area contributed by atoms with Crippen molar-refractivity contribution in [1.82, 2.24) is 4.98 Å². The van der Waals surface area contributed by atoms with Gasteiger partial charge in [-0.25, -0.2) is 9.18 Å². The molecule has 0 spiro atoms. The number of benzene rings is 2. The number of aromatic nitrogens is 1. The second-order valence-corrected chi connectivity index (χ2v) is 5.06. The Kier molecular flexibility index (Phi) is 4.77. The van der Waals surface area contributed by atoms with E-state index in [0.29, 0.717) is 5.75 Å². The number of nitrogens with zero attached hydrogens (tertiary/aromatic N) is 1. The summed E-state index contributed by atoms with van der Waals surface area (Å²) < 4.78 is 18.4. The predicted molar refractivity (Wildman–Crippen MR) is 91.0 cm³/mol. The van der Waals surface area contributed by atoms with Crippen LogP contribution in [0, 0.1) is 5.82 Å². The van der Waals surface area contributed by atoms with Crippen molar-refractivity contribution in [3.8, 4) is 5.75 Å². The molecular weight excluding hydrogens is 305 g/mol. The van der Waals surface area contributed by atoms with Crippen molar-refractivity contribution in [2.75, 3.05) is 0 Å². The molecule has 2 aromatic carbocycles. The highest BCUT2D eigenvalue weighted by Gasteiger charge is 2.09. The Morgan fingerprint density at radius 1 is 0.958 bits per heavy atom. The molecule has 0 N–H and O–H groups in total. The Morgan fingerprint density at radius 3 is 2.50 bits per heavy atom. The van der Waals surface area contributed by atoms with Gasteiger partial charge in [0.05, 0.1) is 11.3 Å². The van der Waals surface area contributed by atoms with E-state index in [-0.39, 0.29) is 5.56 Å². The number of ether oxygens (including phenoxy) is 1. The van der Waals surface area contributed by atoms with E-state index in [4.69, 9.17) is 4.74 Å². The Morgan fingerprint density at radius 2 is 1.79 bits per heavy atom. The molecule has 118 valence electrons. The zero-order chi connectivity index (χ0) is 16.8. The quantitative estimate of drug-likeness (QED) is 0.521. The molecule has 0 aliphatic carbocycles. The van der Waals surface area contributed by atoms with E-state index in [1.165, 1.54) is 18.2 Å². The van der Waals surface area contributed by atoms with Gasteiger partial charge in [-0.2, -0.15) is 0 Å². The molecule has 4 heteroatoms. The minimum atomic E-state index is -0.591. The van der Waals surface area contributed by atoms with Crippen LogP contribution < -0.4 is 4.74 Å². The van der Waals surface area contributed by atoms with Crippen LogP contribution in [-0.4, -0.2) is 11.0 Å². The SMILES string of the molecule is O=C(Oc1ccc(/C=C/c2ccccn2)cc1)c1cccc(F)c1. The topological polar surface area (TPSA) is 39.2 Å². The van der Waals surface area contributed by atoms with E-state index < -0.39 is 11.8 Å². The molecule has 3 nitrogen and oxygen atoms in total. The first-order valence-electron chi connectivity index (χ1n) is 7.38. The van der Waals surface area contributed by atoms with Gasteiger partial charge in [0.1, 0.15) is 11.6 Å². The van der Waals surface area contributed by atoms with E-state index in [1.807, 2.05) is 42.5 Å². The zero-order valence-corrected chi connectivity index (χ0v) is 12.7. The monoisotopic (exact) mass is 319 g/mol. The molecule has 3 aromatic rings. The van der Waals surface area contributed by atoms with Gasteiger partial charge in [-0.05, 0) is 54.1 Å². The maximum absolute atomic E-state index is 13.1. The van der Waals surface area contributed by atoms with Gasteiger partial charge in [-0.3, -0.25) is 4.98 Å². The highest BCUT2D eigenvalue weighted by molar-refractivity contribution is 5.91. The van der Waals surface area contributed by atoms with Crippen LogP contribution in [0.25, 0.3) is 12.2 Å². The average molecular weight is 319 g/mol. The maximum atomic E-state index is 13.1. The summed E-state index contributed by atoms with van der Waals surface area (Å²) in [7, 11) is 0. The lowest BCUT2D eigenvalue weighted by Crippen LogP contribution is -2.08. The lowest BCUT2D eigenvalue weighted by atomic mass is 10.2. The third-order valence-electron chi connectivity index (χ3n) is 3.29. The van der Waals surface area contributed by atoms with Crippen molar-refractivity contribution >= 4 is 18.1 Å². The second kappa shape index (κ2) is 7.33. The number of carbonyl (C=O) groups excluding carboxylic acids is 1. The van der Waals surface area contributed by atoms with Gasteiger partial charge < -0.3 is 4.74 Å². The highest BCUT2D eigenvalue weighted by atomic mass is 19.1. The van der Waals surface area contributed by atoms with Crippen LogP contribution in [0.4, 0.5) is 4.39 Å². The molecule has 0 amide bonds. The number of hydrogen-bond acceptors (Lipinski definition) is 3. The van der Waals surface area contributed by atoms with Gasteiger partial charge in [0.2, 0.25) is 0 Å². The second-order valence-electron chi connectivity index (χ2n) is 5.06. The highest BCUT2D eigenvalue weighted by Crippen LogP contribution is 2.16. The lowest BCUT2D eigenvalue weighted by Gasteiger charge is -2.04. The van der Waals surface area contributed by atoms with Crippen molar-refractivity contribution in [3.05, 3.63) is 95.6 Å². The summed E-state index contributed by atoms with van der Waals surface area (Å²) in [6, 6.07) is 18.1. The minimum absolute atomic E-state index is 0.175. The third-order valence-corrected chi connectivity index (χ3v) is 3.29. The summed E-state index contributed by atoms with van der Waals surface area (Å²) in [6.45, 7) is 0. The van der Waals surface area contributed by atoms with Crippen LogP contribution in [-0.2, 0) is 0 Å². The molecule has 0 unspecified atom stereocenters. The minimum Gasteiger partial charge on any atom is -0.423 e. The summed E-state index contributed by atoms with van der Waals surface area (Å²) in [5.74, 6) is -0.662. The molecule has 0 saturated carbocycles. The van der Waals surface area contributed by atoms with Crippen LogP contribution in [0.15, 0.2) is 72.9 Å². The fourth-order valence-corrected chi connectivity index (χ4v) is 2.08. The molecule has 0 saturated heterocycles. The summed E-state index contributed by atoms with van der Waals surface area (Å²) in [5, 5.41) is 0. The number of hydrogen-bond donors (Lipinski definition) is 0. The summed E-state index contributed by atoms with van der Waals surface area (Å²) >= 11 is 0. The Bertz CT molecular complexity index is 858. The Balaban J connectivity index is 1.66. The molecular formula is C20H14FNO2. The molecule has 0 aliphatic heterocycles. The Labute approximate surface area is 139 Å². The largest absolute Gasteiger partial charge is 0.423 e. The van der Waals surface area contributed by atoms with Crippen molar-refractivity contribution in [1.29, 1.82) is 0 Å². The first kappa shape index (κ1) is 15.6. The van der Waals surface area contributed by atoms with Crippen LogP contribution in [0.2, 0.25) is 0 Å². The maximum Gasteiger partial charge on any atom is 0.343 e. The van der Waals surface area contributed by atoms with Crippen LogP contribution in [0.3, 0.4) is 0 Å². The van der Waals surface area contributed by atoms with Crippen molar-refractivity contribution in [2.24, 2.45) is 0 Å². The molecule has 1 heterocycles. The van der Waals surface area contributed by atoms with E-state index in [1.54, 1.807) is 18.3 Å². The van der Waals surface area contributed by atoms with E-state index in [2.05, 4.69) is 4.98 Å². The smallest absolute Gasteiger partial charge is 0.343 e. The summed E-state index contributed by atoms with van der Waals surface area (Å²) in [4.78, 5) is 16.2. The fourth-order valence-electron chi connectivity index (χ4n) is 2.08. The zero-order valence-electron chi connectivity index (χ0n) is 12.7. The normalized spacial score (nSPS) is 10.7. The standard InChI is InChI=1S/C20H14FNO2/c21-17-5-3-4-16(14-17)20(23)24-19-11-8-15(9-12-19)7-10-18-6-1-2-13-22-18/h1-14H/b10-7+. The molecule has 0 radical (unpaired) electrons. The van der Waals surface area contributed by atoms with Gasteiger partial charge in [-0.15, -0.1) is 0 Å². The van der Waals surface area contributed by atoms with E-state index in [9.17, 15) is 9.18 Å². The summed E-state index contributed by atoms with van der Waals surface area (Å²) in [6.07, 6.45) is 5.54. The van der Waals surface area contributed by atoms with E-state index >= 15 is 0 Å². The summed E-state index contributed by atoms with van der Waals surface area (Å²) in [5.41, 5.74) is 1.99. The number of halogens is 1. The number of rotatable bonds is 4. The van der Waals surface area contributed by atoms with Gasteiger partial charge in [0.15, 0.2) is 0 Å². The van der Waals surface area contributed by atoms with Crippen LogP contribution in [0.5, 0.6) is 5.75 Å². The lowest BCUT2D eigenvalue weighted by molar-refractivity contribution is 0.0734. The molecule has 1 aromatic heterocycles. The van der Waals surface area contributed by atoms with Gasteiger partial charge in [-0.1, -0.05) is 30.3 Å².